The van der Waals surface area contributed by atoms with E-state index in [2.05, 4.69) is 16.5 Å². The Morgan fingerprint density at radius 2 is 1.95 bits per heavy atom. The summed E-state index contributed by atoms with van der Waals surface area (Å²) in [4.78, 5) is 8.46. The molecule has 0 bridgehead atoms. The standard InChI is InChI=1S/C15H13N3OS/c1-12(13-6-4-5-9-16-13)10-20(19)18-11-17-14-7-2-3-8-15(14)18/h2-9,11H,1,10H2. The minimum atomic E-state index is -1.24. The summed E-state index contributed by atoms with van der Waals surface area (Å²) in [6.45, 7) is 3.97. The van der Waals surface area contributed by atoms with Crippen molar-refractivity contribution in [1.29, 1.82) is 0 Å². The molecule has 5 heteroatoms. The van der Waals surface area contributed by atoms with Gasteiger partial charge in [0.2, 0.25) is 0 Å². The second-order valence-electron chi connectivity index (χ2n) is 4.34. The van der Waals surface area contributed by atoms with Gasteiger partial charge in [-0.15, -0.1) is 0 Å². The molecule has 100 valence electrons. The van der Waals surface area contributed by atoms with E-state index < -0.39 is 11.4 Å². The van der Waals surface area contributed by atoms with Gasteiger partial charge >= 0.3 is 0 Å². The van der Waals surface area contributed by atoms with Gasteiger partial charge in [0.1, 0.15) is 11.8 Å². The lowest BCUT2D eigenvalue weighted by Gasteiger charge is -2.12. The highest BCUT2D eigenvalue weighted by Gasteiger charge is 2.16. The summed E-state index contributed by atoms with van der Waals surface area (Å²) < 4.78 is 14.1. The zero-order valence-electron chi connectivity index (χ0n) is 10.8. The fourth-order valence-corrected chi connectivity index (χ4v) is 3.07. The molecule has 1 aromatic carbocycles. The molecule has 0 fully saturated rings. The highest BCUT2D eigenvalue weighted by atomic mass is 32.2. The van der Waals surface area contributed by atoms with Crippen molar-refractivity contribution >= 4 is 28.0 Å². The molecule has 0 aliphatic heterocycles. The van der Waals surface area contributed by atoms with E-state index in [0.717, 1.165) is 22.3 Å². The highest BCUT2D eigenvalue weighted by Crippen LogP contribution is 2.18. The zero-order chi connectivity index (χ0) is 13.9. The summed E-state index contributed by atoms with van der Waals surface area (Å²) in [6.07, 6.45) is 3.31. The van der Waals surface area contributed by atoms with Crippen LogP contribution in [0.3, 0.4) is 0 Å². The van der Waals surface area contributed by atoms with Gasteiger partial charge in [-0.3, -0.25) is 4.98 Å². The van der Waals surface area contributed by atoms with E-state index in [9.17, 15) is 4.55 Å². The van der Waals surface area contributed by atoms with Crippen LogP contribution in [0.1, 0.15) is 5.69 Å². The maximum Gasteiger partial charge on any atom is 0.158 e. The first-order valence-electron chi connectivity index (χ1n) is 6.16. The molecule has 20 heavy (non-hydrogen) atoms. The minimum absolute atomic E-state index is 0.331. The Labute approximate surface area is 120 Å². The predicted octanol–water partition coefficient (Wildman–Crippen LogP) is 2.66. The van der Waals surface area contributed by atoms with E-state index in [1.54, 1.807) is 16.5 Å². The van der Waals surface area contributed by atoms with Gasteiger partial charge in [-0.05, 0) is 24.3 Å². The van der Waals surface area contributed by atoms with Gasteiger partial charge < -0.3 is 4.55 Å². The monoisotopic (exact) mass is 283 g/mol. The fraction of sp³-hybridized carbons (Fsp3) is 0.0667. The van der Waals surface area contributed by atoms with Crippen molar-refractivity contribution in [2.45, 2.75) is 0 Å². The van der Waals surface area contributed by atoms with E-state index in [0.29, 0.717) is 5.75 Å². The molecule has 0 aliphatic carbocycles. The molecule has 3 rings (SSSR count). The van der Waals surface area contributed by atoms with Crippen LogP contribution in [0.2, 0.25) is 0 Å². The van der Waals surface area contributed by atoms with Crippen molar-refractivity contribution in [2.75, 3.05) is 5.75 Å². The van der Waals surface area contributed by atoms with Crippen LogP contribution in [0.5, 0.6) is 0 Å². The molecule has 3 aromatic rings. The van der Waals surface area contributed by atoms with Gasteiger partial charge in [0.15, 0.2) is 5.75 Å². The van der Waals surface area contributed by atoms with E-state index in [-0.39, 0.29) is 0 Å². The number of hydrogen-bond acceptors (Lipinski definition) is 3. The molecule has 1 atom stereocenters. The number of aromatic nitrogens is 3. The van der Waals surface area contributed by atoms with Crippen molar-refractivity contribution in [3.63, 3.8) is 0 Å². The average molecular weight is 283 g/mol. The maximum absolute atomic E-state index is 12.4. The average Bonchev–Trinajstić information content (AvgIpc) is 2.92. The quantitative estimate of drug-likeness (QED) is 0.692. The number of para-hydroxylation sites is 2. The van der Waals surface area contributed by atoms with Crippen LogP contribution in [0.25, 0.3) is 16.6 Å². The number of nitrogens with zero attached hydrogens (tertiary/aromatic N) is 3. The molecule has 1 unspecified atom stereocenters. The number of pyridine rings is 1. The van der Waals surface area contributed by atoms with Gasteiger partial charge in [-0.1, -0.05) is 24.8 Å². The first-order valence-corrected chi connectivity index (χ1v) is 7.43. The smallest absolute Gasteiger partial charge is 0.158 e. The fourth-order valence-electron chi connectivity index (χ4n) is 1.96. The maximum atomic E-state index is 12.4. The Morgan fingerprint density at radius 1 is 1.15 bits per heavy atom. The molecule has 0 spiro atoms. The first kappa shape index (κ1) is 12.9. The molecule has 4 nitrogen and oxygen atoms in total. The lowest BCUT2D eigenvalue weighted by atomic mass is 10.2. The van der Waals surface area contributed by atoms with Crippen LogP contribution >= 0.6 is 0 Å². The molecule has 0 N–H and O–H groups in total. The van der Waals surface area contributed by atoms with E-state index >= 15 is 0 Å². The van der Waals surface area contributed by atoms with E-state index in [4.69, 9.17) is 0 Å². The summed E-state index contributed by atoms with van der Waals surface area (Å²) >= 11 is -1.24. The van der Waals surface area contributed by atoms with Crippen molar-refractivity contribution in [2.24, 2.45) is 0 Å². The second kappa shape index (κ2) is 5.48. The lowest BCUT2D eigenvalue weighted by Crippen LogP contribution is -2.16. The van der Waals surface area contributed by atoms with E-state index in [1.807, 2.05) is 42.5 Å². The number of hydrogen-bond donors (Lipinski definition) is 0. The molecule has 0 amide bonds. The summed E-state index contributed by atoms with van der Waals surface area (Å²) in [5.41, 5.74) is 3.22. The van der Waals surface area contributed by atoms with Gasteiger partial charge in [0.25, 0.3) is 0 Å². The molecule has 0 radical (unpaired) electrons. The largest absolute Gasteiger partial charge is 0.592 e. The van der Waals surface area contributed by atoms with Crippen LogP contribution < -0.4 is 0 Å². The van der Waals surface area contributed by atoms with Gasteiger partial charge in [0, 0.05) is 11.8 Å². The Balaban J connectivity index is 1.83. The summed E-state index contributed by atoms with van der Waals surface area (Å²) in [6, 6.07) is 13.2. The third kappa shape index (κ3) is 2.45. The molecule has 0 aliphatic rings. The summed E-state index contributed by atoms with van der Waals surface area (Å²) in [7, 11) is 0. The molecule has 0 saturated carbocycles. The molecule has 0 saturated heterocycles. The Kier molecular flexibility index (Phi) is 3.54. The van der Waals surface area contributed by atoms with Crippen molar-refractivity contribution in [1.82, 2.24) is 13.9 Å². The Hall–Kier alpha value is -2.11. The minimum Gasteiger partial charge on any atom is -0.592 e. The molecular weight excluding hydrogens is 270 g/mol. The van der Waals surface area contributed by atoms with Crippen LogP contribution in [0, 0.1) is 0 Å². The molecular formula is C15H13N3OS. The SMILES string of the molecule is C=C(C[S+]([O-])n1cnc2ccccc21)c1ccccn1. The third-order valence-electron chi connectivity index (χ3n) is 2.97. The summed E-state index contributed by atoms with van der Waals surface area (Å²) in [5, 5.41) is 0. The number of fused-ring (bicyclic) bond motifs is 1. The Bertz CT molecular complexity index is 739. The summed E-state index contributed by atoms with van der Waals surface area (Å²) in [5.74, 6) is 0.331. The lowest BCUT2D eigenvalue weighted by molar-refractivity contribution is 0.591. The molecule has 2 aromatic heterocycles. The van der Waals surface area contributed by atoms with Crippen LogP contribution in [-0.2, 0) is 11.4 Å². The predicted molar refractivity (Wildman–Crippen MR) is 81.4 cm³/mol. The van der Waals surface area contributed by atoms with Gasteiger partial charge in [0.05, 0.1) is 22.6 Å². The normalized spacial score (nSPS) is 12.4. The first-order chi connectivity index (χ1) is 9.75. The third-order valence-corrected chi connectivity index (χ3v) is 4.29. The highest BCUT2D eigenvalue weighted by molar-refractivity contribution is 7.90. The second-order valence-corrected chi connectivity index (χ2v) is 5.67. The van der Waals surface area contributed by atoms with Crippen molar-refractivity contribution < 1.29 is 4.55 Å². The number of imidazole rings is 1. The van der Waals surface area contributed by atoms with Crippen LogP contribution in [-0.4, -0.2) is 24.2 Å². The van der Waals surface area contributed by atoms with Gasteiger partial charge in [-0.25, -0.2) is 4.98 Å². The zero-order valence-corrected chi connectivity index (χ0v) is 11.6. The van der Waals surface area contributed by atoms with Crippen LogP contribution in [0.4, 0.5) is 0 Å². The number of rotatable bonds is 4. The topological polar surface area (TPSA) is 53.8 Å². The van der Waals surface area contributed by atoms with Gasteiger partial charge in [-0.2, -0.15) is 3.97 Å². The van der Waals surface area contributed by atoms with E-state index in [1.165, 1.54) is 0 Å². The molecule has 2 heterocycles. The number of benzene rings is 1. The van der Waals surface area contributed by atoms with Crippen molar-refractivity contribution in [3.8, 4) is 0 Å². The van der Waals surface area contributed by atoms with Crippen molar-refractivity contribution in [3.05, 3.63) is 67.3 Å². The Morgan fingerprint density at radius 3 is 2.75 bits per heavy atom. The van der Waals surface area contributed by atoms with Crippen LogP contribution in [0.15, 0.2) is 61.6 Å².